The summed E-state index contributed by atoms with van der Waals surface area (Å²) in [6.45, 7) is 0.639. The predicted molar refractivity (Wildman–Crippen MR) is 74.8 cm³/mol. The predicted octanol–water partition coefficient (Wildman–Crippen LogP) is 0.411. The van der Waals surface area contributed by atoms with Crippen molar-refractivity contribution in [2.45, 2.75) is 31.1 Å². The summed E-state index contributed by atoms with van der Waals surface area (Å²) in [7, 11) is 0. The molecule has 3 rings (SSSR count). The number of pyridine rings is 1. The van der Waals surface area contributed by atoms with Crippen molar-refractivity contribution in [2.75, 3.05) is 6.54 Å². The second-order valence-electron chi connectivity index (χ2n) is 5.27. The van der Waals surface area contributed by atoms with Crippen LogP contribution in [0.4, 0.5) is 0 Å². The minimum Gasteiger partial charge on any atom is -0.364 e. The molecule has 1 amide bonds. The normalized spacial score (nSPS) is 30.6. The van der Waals surface area contributed by atoms with Gasteiger partial charge in [-0.15, -0.1) is 0 Å². The van der Waals surface area contributed by atoms with Crippen LogP contribution in [0.2, 0.25) is 0 Å². The van der Waals surface area contributed by atoms with E-state index >= 15 is 0 Å². The standard InChI is InChI=1S/C15H19N3O2/c16-14-12-7-6-11(20-12)13(14)15(19)18-9-3-5-10-4-1-2-8-17-10/h1-2,4,6-8,11-14H,3,5,9,16H2,(H,18,19)/t11-,12+,13-,14+/m1/s1. The van der Waals surface area contributed by atoms with Crippen LogP contribution in [-0.4, -0.2) is 35.7 Å². The second-order valence-corrected chi connectivity index (χ2v) is 5.27. The number of fused-ring (bicyclic) bond motifs is 2. The van der Waals surface area contributed by atoms with Gasteiger partial charge in [0.2, 0.25) is 5.91 Å². The van der Waals surface area contributed by atoms with Crippen LogP contribution in [0.1, 0.15) is 12.1 Å². The Labute approximate surface area is 118 Å². The van der Waals surface area contributed by atoms with E-state index in [1.54, 1.807) is 6.20 Å². The first-order chi connectivity index (χ1) is 9.75. The van der Waals surface area contributed by atoms with Gasteiger partial charge in [0.1, 0.15) is 0 Å². The lowest BCUT2D eigenvalue weighted by atomic mass is 9.89. The largest absolute Gasteiger partial charge is 0.364 e. The molecule has 4 atom stereocenters. The molecule has 1 aromatic rings. The van der Waals surface area contributed by atoms with Crippen LogP contribution >= 0.6 is 0 Å². The minimum absolute atomic E-state index is 0.00429. The van der Waals surface area contributed by atoms with Gasteiger partial charge in [-0.1, -0.05) is 18.2 Å². The fraction of sp³-hybridized carbons (Fsp3) is 0.467. The molecule has 1 saturated heterocycles. The maximum Gasteiger partial charge on any atom is 0.227 e. The third-order valence-corrected chi connectivity index (χ3v) is 3.89. The quantitative estimate of drug-likeness (QED) is 0.602. The summed E-state index contributed by atoms with van der Waals surface area (Å²) >= 11 is 0. The zero-order valence-electron chi connectivity index (χ0n) is 11.2. The molecule has 2 aliphatic rings. The molecule has 0 saturated carbocycles. The maximum absolute atomic E-state index is 12.1. The number of carbonyl (C=O) groups excluding carboxylic acids is 1. The first-order valence-electron chi connectivity index (χ1n) is 7.03. The van der Waals surface area contributed by atoms with E-state index in [0.717, 1.165) is 18.5 Å². The smallest absolute Gasteiger partial charge is 0.227 e. The van der Waals surface area contributed by atoms with Crippen molar-refractivity contribution in [1.82, 2.24) is 10.3 Å². The fourth-order valence-electron chi connectivity index (χ4n) is 2.81. The van der Waals surface area contributed by atoms with Gasteiger partial charge >= 0.3 is 0 Å². The van der Waals surface area contributed by atoms with Crippen LogP contribution in [0.25, 0.3) is 0 Å². The van der Waals surface area contributed by atoms with Crippen LogP contribution in [0, 0.1) is 5.92 Å². The Hall–Kier alpha value is -1.72. The van der Waals surface area contributed by atoms with Crippen LogP contribution in [0.15, 0.2) is 36.5 Å². The Balaban J connectivity index is 1.43. The van der Waals surface area contributed by atoms with Gasteiger partial charge in [0, 0.05) is 24.5 Å². The molecule has 5 nitrogen and oxygen atoms in total. The summed E-state index contributed by atoms with van der Waals surface area (Å²) < 4.78 is 5.59. The van der Waals surface area contributed by atoms with Crippen molar-refractivity contribution < 1.29 is 9.53 Å². The van der Waals surface area contributed by atoms with Crippen molar-refractivity contribution in [3.05, 3.63) is 42.2 Å². The van der Waals surface area contributed by atoms with Crippen LogP contribution in [0.5, 0.6) is 0 Å². The molecular weight excluding hydrogens is 254 g/mol. The van der Waals surface area contributed by atoms with Gasteiger partial charge in [-0.3, -0.25) is 9.78 Å². The summed E-state index contributed by atoms with van der Waals surface area (Å²) in [6.07, 6.45) is 7.16. The Bertz CT molecular complexity index is 503. The van der Waals surface area contributed by atoms with E-state index in [-0.39, 0.29) is 30.1 Å². The maximum atomic E-state index is 12.1. The molecule has 3 heterocycles. The van der Waals surface area contributed by atoms with Crippen molar-refractivity contribution >= 4 is 5.91 Å². The Kier molecular flexibility index (Phi) is 3.80. The first-order valence-corrected chi connectivity index (χ1v) is 7.03. The van der Waals surface area contributed by atoms with Gasteiger partial charge in [-0.25, -0.2) is 0 Å². The zero-order valence-corrected chi connectivity index (χ0v) is 11.2. The van der Waals surface area contributed by atoms with Gasteiger partial charge in [0.25, 0.3) is 0 Å². The van der Waals surface area contributed by atoms with Crippen molar-refractivity contribution in [3.63, 3.8) is 0 Å². The number of rotatable bonds is 5. The third-order valence-electron chi connectivity index (χ3n) is 3.89. The molecule has 2 aliphatic heterocycles. The number of nitrogens with one attached hydrogen (secondary N) is 1. The van der Waals surface area contributed by atoms with Crippen LogP contribution < -0.4 is 11.1 Å². The third kappa shape index (κ3) is 2.59. The highest BCUT2D eigenvalue weighted by molar-refractivity contribution is 5.81. The van der Waals surface area contributed by atoms with E-state index in [1.807, 2.05) is 30.4 Å². The molecule has 0 unspecified atom stereocenters. The van der Waals surface area contributed by atoms with E-state index in [2.05, 4.69) is 10.3 Å². The molecule has 106 valence electrons. The van der Waals surface area contributed by atoms with E-state index in [4.69, 9.17) is 10.5 Å². The second kappa shape index (κ2) is 5.73. The average molecular weight is 273 g/mol. The number of hydrogen-bond donors (Lipinski definition) is 2. The minimum atomic E-state index is -0.250. The Morgan fingerprint density at radius 3 is 2.90 bits per heavy atom. The summed E-state index contributed by atoms with van der Waals surface area (Å²) in [5.41, 5.74) is 7.06. The number of ether oxygens (including phenoxy) is 1. The SMILES string of the molecule is N[C@@H]1[C@H](C(=O)NCCCc2ccccn2)[C@H]2C=C[C@@H]1O2. The Morgan fingerprint density at radius 2 is 2.20 bits per heavy atom. The number of hydrogen-bond acceptors (Lipinski definition) is 4. The number of aryl methyl sites for hydroxylation is 1. The van der Waals surface area contributed by atoms with Gasteiger partial charge in [0.05, 0.1) is 18.1 Å². The molecule has 2 bridgehead atoms. The molecule has 1 aromatic heterocycles. The molecule has 1 fully saturated rings. The molecule has 5 heteroatoms. The van der Waals surface area contributed by atoms with Crippen molar-refractivity contribution in [2.24, 2.45) is 11.7 Å². The number of carbonyl (C=O) groups is 1. The zero-order chi connectivity index (χ0) is 13.9. The first kappa shape index (κ1) is 13.3. The average Bonchev–Trinajstić information content (AvgIpc) is 3.05. The lowest BCUT2D eigenvalue weighted by molar-refractivity contribution is -0.126. The molecule has 20 heavy (non-hydrogen) atoms. The van der Waals surface area contributed by atoms with Gasteiger partial charge in [-0.2, -0.15) is 0 Å². The number of aromatic nitrogens is 1. The van der Waals surface area contributed by atoms with Gasteiger partial charge < -0.3 is 15.8 Å². The topological polar surface area (TPSA) is 77.2 Å². The van der Waals surface area contributed by atoms with Crippen molar-refractivity contribution in [1.29, 1.82) is 0 Å². The van der Waals surface area contributed by atoms with E-state index in [0.29, 0.717) is 6.54 Å². The molecule has 0 aromatic carbocycles. The molecule has 0 spiro atoms. The van der Waals surface area contributed by atoms with E-state index < -0.39 is 0 Å². The van der Waals surface area contributed by atoms with E-state index in [9.17, 15) is 4.79 Å². The monoisotopic (exact) mass is 273 g/mol. The lowest BCUT2D eigenvalue weighted by Gasteiger charge is -2.20. The molecular formula is C15H19N3O2. The fourth-order valence-corrected chi connectivity index (χ4v) is 2.81. The summed E-state index contributed by atoms with van der Waals surface area (Å²) in [4.78, 5) is 16.4. The number of nitrogens with two attached hydrogens (primary N) is 1. The van der Waals surface area contributed by atoms with Gasteiger partial charge in [0.15, 0.2) is 0 Å². The number of amides is 1. The summed E-state index contributed by atoms with van der Waals surface area (Å²) in [6, 6.07) is 5.64. The highest BCUT2D eigenvalue weighted by atomic mass is 16.5. The highest BCUT2D eigenvalue weighted by Crippen LogP contribution is 2.32. The van der Waals surface area contributed by atoms with Gasteiger partial charge in [-0.05, 0) is 25.0 Å². The highest BCUT2D eigenvalue weighted by Gasteiger charge is 2.47. The van der Waals surface area contributed by atoms with Crippen LogP contribution in [-0.2, 0) is 16.0 Å². The molecule has 0 aliphatic carbocycles. The summed E-state index contributed by atoms with van der Waals surface area (Å²) in [5, 5.41) is 2.95. The lowest BCUT2D eigenvalue weighted by Crippen LogP contribution is -2.46. The van der Waals surface area contributed by atoms with E-state index in [1.165, 1.54) is 0 Å². The Morgan fingerprint density at radius 1 is 1.35 bits per heavy atom. The number of nitrogens with zero attached hydrogens (tertiary/aromatic N) is 1. The van der Waals surface area contributed by atoms with Crippen molar-refractivity contribution in [3.8, 4) is 0 Å². The molecule has 0 radical (unpaired) electrons. The summed E-state index contributed by atoms with van der Waals surface area (Å²) in [5.74, 6) is -0.254. The molecule has 3 N–H and O–H groups in total. The van der Waals surface area contributed by atoms with Crippen LogP contribution in [0.3, 0.4) is 0 Å².